The summed E-state index contributed by atoms with van der Waals surface area (Å²) in [7, 11) is 0. The van der Waals surface area contributed by atoms with Gasteiger partial charge in [-0.1, -0.05) is 43.1 Å². The van der Waals surface area contributed by atoms with Crippen LogP contribution in [-0.4, -0.2) is 24.9 Å². The zero-order valence-corrected chi connectivity index (χ0v) is 14.0. The summed E-state index contributed by atoms with van der Waals surface area (Å²) in [4.78, 5) is 25.0. The minimum absolute atomic E-state index is 0.0759. The number of rotatable bonds is 6. The fraction of sp³-hybridized carbons (Fsp3) is 0.467. The number of nitrogens with one attached hydrogen (secondary N) is 1. The van der Waals surface area contributed by atoms with Crippen LogP contribution >= 0.6 is 23.2 Å². The molecule has 4 nitrogen and oxygen atoms in total. The third-order valence-electron chi connectivity index (χ3n) is 2.95. The lowest BCUT2D eigenvalue weighted by Crippen LogP contribution is -2.40. The average Bonchev–Trinajstić information content (AvgIpc) is 2.39. The van der Waals surface area contributed by atoms with Crippen molar-refractivity contribution in [2.45, 2.75) is 27.2 Å². The van der Waals surface area contributed by atoms with Crippen LogP contribution in [-0.2, 0) is 9.59 Å². The van der Waals surface area contributed by atoms with Crippen molar-refractivity contribution >= 4 is 40.7 Å². The number of halogens is 2. The summed E-state index contributed by atoms with van der Waals surface area (Å²) >= 11 is 12.1. The van der Waals surface area contributed by atoms with Gasteiger partial charge < -0.3 is 10.2 Å². The second kappa shape index (κ2) is 8.25. The van der Waals surface area contributed by atoms with Crippen LogP contribution in [0.4, 0.5) is 5.69 Å². The predicted octanol–water partition coefficient (Wildman–Crippen LogP) is 3.51. The molecule has 0 unspecified atom stereocenters. The van der Waals surface area contributed by atoms with Gasteiger partial charge in [0.2, 0.25) is 11.8 Å². The SMILES string of the molecule is CC(=O)N(CC(=O)NCCC(C)C)c1cccc(Cl)c1Cl. The Hall–Kier alpha value is -1.26. The first-order chi connectivity index (χ1) is 9.82. The fourth-order valence-corrected chi connectivity index (χ4v) is 2.16. The highest BCUT2D eigenvalue weighted by Gasteiger charge is 2.19. The molecule has 0 spiro atoms. The predicted molar refractivity (Wildman–Crippen MR) is 87.0 cm³/mol. The van der Waals surface area contributed by atoms with Gasteiger partial charge in [0.15, 0.2) is 0 Å². The molecular weight excluding hydrogens is 311 g/mol. The van der Waals surface area contributed by atoms with Crippen molar-refractivity contribution in [3.05, 3.63) is 28.2 Å². The highest BCUT2D eigenvalue weighted by molar-refractivity contribution is 6.44. The first-order valence-electron chi connectivity index (χ1n) is 6.81. The number of benzene rings is 1. The van der Waals surface area contributed by atoms with Crippen LogP contribution in [0.15, 0.2) is 18.2 Å². The summed E-state index contributed by atoms with van der Waals surface area (Å²) in [6.45, 7) is 6.07. The summed E-state index contributed by atoms with van der Waals surface area (Å²) in [5, 5.41) is 3.41. The van der Waals surface area contributed by atoms with E-state index >= 15 is 0 Å². The Morgan fingerprint density at radius 1 is 1.29 bits per heavy atom. The monoisotopic (exact) mass is 330 g/mol. The number of carbonyl (C=O) groups is 2. The lowest BCUT2D eigenvalue weighted by molar-refractivity contribution is -0.123. The molecule has 0 saturated carbocycles. The maximum atomic E-state index is 11.9. The van der Waals surface area contributed by atoms with Crippen molar-refractivity contribution in [2.24, 2.45) is 5.92 Å². The van der Waals surface area contributed by atoms with E-state index in [1.807, 2.05) is 0 Å². The Morgan fingerprint density at radius 3 is 2.52 bits per heavy atom. The zero-order chi connectivity index (χ0) is 16.0. The first-order valence-corrected chi connectivity index (χ1v) is 7.57. The molecule has 1 rings (SSSR count). The van der Waals surface area contributed by atoms with Gasteiger partial charge in [-0.25, -0.2) is 0 Å². The van der Waals surface area contributed by atoms with E-state index in [1.165, 1.54) is 11.8 Å². The standard InChI is InChI=1S/C15H20Cl2N2O2/c1-10(2)7-8-18-14(21)9-19(11(3)20)13-6-4-5-12(16)15(13)17/h4-6,10H,7-9H2,1-3H3,(H,18,21). The number of hydrogen-bond donors (Lipinski definition) is 1. The van der Waals surface area contributed by atoms with Crippen molar-refractivity contribution in [2.75, 3.05) is 18.0 Å². The molecule has 0 heterocycles. The van der Waals surface area contributed by atoms with Crippen LogP contribution in [0.1, 0.15) is 27.2 Å². The van der Waals surface area contributed by atoms with Gasteiger partial charge in [-0.15, -0.1) is 0 Å². The van der Waals surface area contributed by atoms with Crippen molar-refractivity contribution in [3.8, 4) is 0 Å². The van der Waals surface area contributed by atoms with E-state index in [0.29, 0.717) is 23.2 Å². The Bertz CT molecular complexity index is 518. The fourth-order valence-electron chi connectivity index (χ4n) is 1.77. The third kappa shape index (κ3) is 5.56. The van der Waals surface area contributed by atoms with Gasteiger partial charge in [0, 0.05) is 13.5 Å². The number of nitrogens with zero attached hydrogens (tertiary/aromatic N) is 1. The molecule has 0 saturated heterocycles. The quantitative estimate of drug-likeness (QED) is 0.867. The minimum Gasteiger partial charge on any atom is -0.355 e. The average molecular weight is 331 g/mol. The summed E-state index contributed by atoms with van der Waals surface area (Å²) in [6.07, 6.45) is 0.893. The molecule has 0 aromatic heterocycles. The van der Waals surface area contributed by atoms with Crippen LogP contribution < -0.4 is 10.2 Å². The molecule has 1 aromatic carbocycles. The van der Waals surface area contributed by atoms with Crippen molar-refractivity contribution < 1.29 is 9.59 Å². The number of amides is 2. The van der Waals surface area contributed by atoms with E-state index in [2.05, 4.69) is 19.2 Å². The Labute approximate surface area is 135 Å². The maximum Gasteiger partial charge on any atom is 0.240 e. The van der Waals surface area contributed by atoms with Gasteiger partial charge in [0.1, 0.15) is 6.54 Å². The molecule has 2 amide bonds. The lowest BCUT2D eigenvalue weighted by atomic mass is 10.1. The van der Waals surface area contributed by atoms with E-state index in [4.69, 9.17) is 23.2 Å². The second-order valence-electron chi connectivity index (χ2n) is 5.21. The van der Waals surface area contributed by atoms with Crippen molar-refractivity contribution in [1.29, 1.82) is 0 Å². The van der Waals surface area contributed by atoms with E-state index in [1.54, 1.807) is 18.2 Å². The van der Waals surface area contributed by atoms with Gasteiger partial charge in [0.25, 0.3) is 0 Å². The number of carbonyl (C=O) groups excluding carboxylic acids is 2. The highest BCUT2D eigenvalue weighted by atomic mass is 35.5. The topological polar surface area (TPSA) is 49.4 Å². The summed E-state index contributed by atoms with van der Waals surface area (Å²) in [5.41, 5.74) is 0.440. The molecule has 0 aliphatic heterocycles. The number of hydrogen-bond acceptors (Lipinski definition) is 2. The summed E-state index contributed by atoms with van der Waals surface area (Å²) < 4.78 is 0. The van der Waals surface area contributed by atoms with Gasteiger partial charge in [-0.2, -0.15) is 0 Å². The van der Waals surface area contributed by atoms with Gasteiger partial charge >= 0.3 is 0 Å². The number of anilines is 1. The van der Waals surface area contributed by atoms with Crippen molar-refractivity contribution in [1.82, 2.24) is 5.32 Å². The molecule has 21 heavy (non-hydrogen) atoms. The summed E-state index contributed by atoms with van der Waals surface area (Å²) in [6, 6.07) is 4.99. The Morgan fingerprint density at radius 2 is 1.95 bits per heavy atom. The highest BCUT2D eigenvalue weighted by Crippen LogP contribution is 2.32. The molecule has 0 bridgehead atoms. The van der Waals surface area contributed by atoms with Crippen LogP contribution in [0.5, 0.6) is 0 Å². The first kappa shape index (κ1) is 17.8. The Kier molecular flexibility index (Phi) is 6.99. The molecule has 0 atom stereocenters. The van der Waals surface area contributed by atoms with Gasteiger partial charge in [0.05, 0.1) is 15.7 Å². The normalized spacial score (nSPS) is 10.6. The van der Waals surface area contributed by atoms with Gasteiger partial charge in [-0.3, -0.25) is 9.59 Å². The molecule has 0 aliphatic carbocycles. The van der Waals surface area contributed by atoms with Crippen LogP contribution in [0, 0.1) is 5.92 Å². The third-order valence-corrected chi connectivity index (χ3v) is 3.76. The molecule has 1 aromatic rings. The molecule has 116 valence electrons. The zero-order valence-electron chi connectivity index (χ0n) is 12.5. The Balaban J connectivity index is 2.77. The largest absolute Gasteiger partial charge is 0.355 e. The smallest absolute Gasteiger partial charge is 0.240 e. The lowest BCUT2D eigenvalue weighted by Gasteiger charge is -2.22. The maximum absolute atomic E-state index is 11.9. The van der Waals surface area contributed by atoms with Crippen LogP contribution in [0.25, 0.3) is 0 Å². The van der Waals surface area contributed by atoms with E-state index in [9.17, 15) is 9.59 Å². The second-order valence-corrected chi connectivity index (χ2v) is 6.00. The summed E-state index contributed by atoms with van der Waals surface area (Å²) in [5.74, 6) is 0.0247. The van der Waals surface area contributed by atoms with E-state index in [0.717, 1.165) is 6.42 Å². The molecule has 1 N–H and O–H groups in total. The molecular formula is C15H20Cl2N2O2. The van der Waals surface area contributed by atoms with Crippen LogP contribution in [0.2, 0.25) is 10.0 Å². The van der Waals surface area contributed by atoms with Gasteiger partial charge in [-0.05, 0) is 24.5 Å². The molecule has 0 fully saturated rings. The minimum atomic E-state index is -0.266. The molecule has 0 aliphatic rings. The van der Waals surface area contributed by atoms with Crippen LogP contribution in [0.3, 0.4) is 0 Å². The van der Waals surface area contributed by atoms with Crippen molar-refractivity contribution in [3.63, 3.8) is 0 Å². The molecule has 6 heteroatoms. The van der Waals surface area contributed by atoms with E-state index in [-0.39, 0.29) is 23.4 Å². The van der Waals surface area contributed by atoms with E-state index < -0.39 is 0 Å². The molecule has 0 radical (unpaired) electrons.